The topological polar surface area (TPSA) is 56.7 Å². The molecule has 24 heavy (non-hydrogen) atoms. The quantitative estimate of drug-likeness (QED) is 0.712. The van der Waals surface area contributed by atoms with Gasteiger partial charge in [-0.3, -0.25) is 0 Å². The number of rotatable bonds is 3. The fourth-order valence-electron chi connectivity index (χ4n) is 2.88. The number of aromatic nitrogens is 4. The molecule has 0 unspecified atom stereocenters. The van der Waals surface area contributed by atoms with Crippen molar-refractivity contribution < 1.29 is 13.4 Å². The summed E-state index contributed by atoms with van der Waals surface area (Å²) in [7, 11) is 0. The minimum absolute atomic E-state index is 0.159. The smallest absolute Gasteiger partial charge is 0.278 e. The van der Waals surface area contributed by atoms with E-state index in [0.29, 0.717) is 27.8 Å². The Morgan fingerprint density at radius 1 is 1.29 bits per heavy atom. The van der Waals surface area contributed by atoms with Crippen molar-refractivity contribution in [1.82, 2.24) is 20.1 Å². The van der Waals surface area contributed by atoms with E-state index in [0.717, 1.165) is 18.4 Å². The molecule has 0 saturated heterocycles. The molecule has 5 nitrogen and oxygen atoms in total. The van der Waals surface area contributed by atoms with E-state index in [2.05, 4.69) is 15.2 Å². The minimum atomic E-state index is -0.478. The Morgan fingerprint density at radius 2 is 2.04 bits per heavy atom. The molecule has 1 aromatic carbocycles. The van der Waals surface area contributed by atoms with Crippen LogP contribution in [0.2, 0.25) is 5.02 Å². The molecule has 0 radical (unpaired) electrons. The van der Waals surface area contributed by atoms with E-state index in [-0.39, 0.29) is 10.8 Å². The molecule has 3 aromatic rings. The summed E-state index contributed by atoms with van der Waals surface area (Å²) in [5, 5.41) is 8.14. The lowest BCUT2D eigenvalue weighted by atomic mass is 9.95. The Balaban J connectivity index is 1.76. The van der Waals surface area contributed by atoms with Crippen LogP contribution in [0.1, 0.15) is 35.5 Å². The summed E-state index contributed by atoms with van der Waals surface area (Å²) in [6.45, 7) is 3.35. The highest BCUT2D eigenvalue weighted by atomic mass is 35.5. The minimum Gasteiger partial charge on any atom is -0.332 e. The Morgan fingerprint density at radius 3 is 2.62 bits per heavy atom. The van der Waals surface area contributed by atoms with Crippen LogP contribution in [0.15, 0.2) is 22.7 Å². The van der Waals surface area contributed by atoms with Crippen molar-refractivity contribution in [2.45, 2.75) is 32.1 Å². The van der Waals surface area contributed by atoms with E-state index in [4.69, 9.17) is 16.1 Å². The molecule has 1 fully saturated rings. The maximum Gasteiger partial charge on any atom is 0.278 e. The first-order valence-corrected chi connectivity index (χ1v) is 7.82. The first kappa shape index (κ1) is 15.3. The van der Waals surface area contributed by atoms with Crippen molar-refractivity contribution >= 4 is 11.6 Å². The van der Waals surface area contributed by atoms with Gasteiger partial charge in [0, 0.05) is 10.6 Å². The number of halogens is 3. The molecular formula is C16H13ClF2N4O. The second-order valence-electron chi connectivity index (χ2n) is 6.05. The van der Waals surface area contributed by atoms with Gasteiger partial charge in [0.25, 0.3) is 5.89 Å². The van der Waals surface area contributed by atoms with Gasteiger partial charge in [-0.1, -0.05) is 32.2 Å². The normalized spacial score (nSPS) is 15.7. The van der Waals surface area contributed by atoms with Crippen LogP contribution in [-0.2, 0) is 5.41 Å². The van der Waals surface area contributed by atoms with Crippen LogP contribution >= 0.6 is 11.6 Å². The third kappa shape index (κ3) is 2.15. The van der Waals surface area contributed by atoms with Gasteiger partial charge in [-0.15, -0.1) is 5.10 Å². The maximum atomic E-state index is 13.6. The first-order chi connectivity index (χ1) is 11.4. The zero-order valence-electron chi connectivity index (χ0n) is 13.0. The summed E-state index contributed by atoms with van der Waals surface area (Å²) in [5.74, 6) is 0.218. The van der Waals surface area contributed by atoms with Crippen molar-refractivity contribution in [2.75, 3.05) is 0 Å². The van der Waals surface area contributed by atoms with Crippen molar-refractivity contribution in [3.05, 3.63) is 51.7 Å². The molecule has 4 rings (SSSR count). The van der Waals surface area contributed by atoms with Gasteiger partial charge in [0.05, 0.1) is 11.1 Å². The summed E-state index contributed by atoms with van der Waals surface area (Å²) in [6.07, 6.45) is 1.57. The van der Waals surface area contributed by atoms with E-state index in [1.165, 1.54) is 12.1 Å². The molecule has 2 aromatic heterocycles. The fraction of sp³-hybridized carbons (Fsp3) is 0.312. The highest BCUT2D eigenvalue weighted by Crippen LogP contribution is 2.54. The van der Waals surface area contributed by atoms with Crippen LogP contribution in [-0.4, -0.2) is 20.1 Å². The van der Waals surface area contributed by atoms with Gasteiger partial charge in [-0.05, 0) is 44.4 Å². The average molecular weight is 351 g/mol. The molecular weight excluding hydrogens is 338 g/mol. The summed E-state index contributed by atoms with van der Waals surface area (Å²) in [4.78, 5) is 4.69. The Bertz CT molecular complexity index is 946. The van der Waals surface area contributed by atoms with Crippen LogP contribution in [0.4, 0.5) is 8.87 Å². The molecule has 0 spiro atoms. The standard InChI is InChI=1S/C16H13ClF2N4O/c1-8-9(2)23(19)21-13(8)14-20-15(22-24-14)16(5-6-16)11-4-3-10(18)7-12(11)17/h3-4,7H,5-6H2,1-2H3. The van der Waals surface area contributed by atoms with E-state index < -0.39 is 11.2 Å². The highest BCUT2D eigenvalue weighted by molar-refractivity contribution is 6.31. The largest absolute Gasteiger partial charge is 0.332 e. The summed E-state index contributed by atoms with van der Waals surface area (Å²) in [5.41, 5.74) is 1.62. The predicted molar refractivity (Wildman–Crippen MR) is 82.9 cm³/mol. The van der Waals surface area contributed by atoms with Gasteiger partial charge < -0.3 is 4.52 Å². The Hall–Kier alpha value is -2.28. The van der Waals surface area contributed by atoms with Gasteiger partial charge in [0.15, 0.2) is 11.5 Å². The summed E-state index contributed by atoms with van der Waals surface area (Å²) < 4.78 is 32.1. The van der Waals surface area contributed by atoms with Crippen molar-refractivity contribution in [2.24, 2.45) is 0 Å². The van der Waals surface area contributed by atoms with Gasteiger partial charge in [-0.25, -0.2) is 4.39 Å². The number of hydrogen-bond acceptors (Lipinski definition) is 4. The average Bonchev–Trinajstić information content (AvgIpc) is 3.11. The maximum absolute atomic E-state index is 13.6. The van der Waals surface area contributed by atoms with Crippen LogP contribution in [0.5, 0.6) is 0 Å². The van der Waals surface area contributed by atoms with Crippen LogP contribution in [0.25, 0.3) is 11.6 Å². The number of nitrogens with zero attached hydrogens (tertiary/aromatic N) is 4. The first-order valence-electron chi connectivity index (χ1n) is 7.45. The summed E-state index contributed by atoms with van der Waals surface area (Å²) in [6, 6.07) is 4.28. The van der Waals surface area contributed by atoms with Crippen molar-refractivity contribution in [1.29, 1.82) is 0 Å². The molecule has 0 bridgehead atoms. The molecule has 0 atom stereocenters. The molecule has 0 N–H and O–H groups in total. The molecule has 124 valence electrons. The lowest BCUT2D eigenvalue weighted by Gasteiger charge is -2.12. The molecule has 1 saturated carbocycles. The van der Waals surface area contributed by atoms with Gasteiger partial charge in [0.1, 0.15) is 5.82 Å². The molecule has 8 heteroatoms. The second kappa shape index (κ2) is 5.11. The Labute approximate surface area is 141 Å². The fourth-order valence-corrected chi connectivity index (χ4v) is 3.23. The van der Waals surface area contributed by atoms with Crippen LogP contribution < -0.4 is 0 Å². The van der Waals surface area contributed by atoms with Gasteiger partial charge >= 0.3 is 0 Å². The lowest BCUT2D eigenvalue weighted by Crippen LogP contribution is -2.11. The lowest BCUT2D eigenvalue weighted by molar-refractivity contribution is 0.306. The zero-order valence-corrected chi connectivity index (χ0v) is 13.7. The van der Waals surface area contributed by atoms with Crippen molar-refractivity contribution in [3.8, 4) is 11.6 Å². The van der Waals surface area contributed by atoms with E-state index >= 15 is 0 Å². The number of benzene rings is 1. The van der Waals surface area contributed by atoms with Crippen molar-refractivity contribution in [3.63, 3.8) is 0 Å². The van der Waals surface area contributed by atoms with Crippen LogP contribution in [0.3, 0.4) is 0 Å². The zero-order chi connectivity index (χ0) is 17.1. The Kier molecular flexibility index (Phi) is 3.25. The third-order valence-electron chi connectivity index (χ3n) is 4.62. The SMILES string of the molecule is Cc1c(-c2nc(C3(c4ccc(F)cc4Cl)CC3)no2)nn(F)c1C. The molecule has 1 aliphatic carbocycles. The third-order valence-corrected chi connectivity index (χ3v) is 4.93. The van der Waals surface area contributed by atoms with Gasteiger partial charge in [-0.2, -0.15) is 4.98 Å². The highest BCUT2D eigenvalue weighted by Gasteiger charge is 2.51. The number of hydrogen-bond donors (Lipinski definition) is 0. The summed E-state index contributed by atoms with van der Waals surface area (Å²) >= 11 is 6.19. The molecule has 0 aliphatic heterocycles. The molecule has 0 amide bonds. The second-order valence-corrected chi connectivity index (χ2v) is 6.46. The molecule has 2 heterocycles. The van der Waals surface area contributed by atoms with E-state index in [1.807, 2.05) is 0 Å². The van der Waals surface area contributed by atoms with Gasteiger partial charge in [0.2, 0.25) is 0 Å². The van der Waals surface area contributed by atoms with E-state index in [9.17, 15) is 8.87 Å². The monoisotopic (exact) mass is 350 g/mol. The predicted octanol–water partition coefficient (Wildman–Crippen LogP) is 4.15. The van der Waals surface area contributed by atoms with Crippen LogP contribution in [0, 0.1) is 19.7 Å². The molecule has 1 aliphatic rings. The van der Waals surface area contributed by atoms with E-state index in [1.54, 1.807) is 19.9 Å².